The van der Waals surface area contributed by atoms with Crippen molar-refractivity contribution in [2.24, 2.45) is 0 Å². The van der Waals surface area contributed by atoms with Gasteiger partial charge in [0.25, 0.3) is 0 Å². The SMILES string of the molecule is CCOC(=O)C1=C(C)NC(S)=C(C#N)[C@@H]1c1ccc(Cl)cc1. The van der Waals surface area contributed by atoms with Crippen LogP contribution in [0.3, 0.4) is 0 Å². The molecule has 1 heterocycles. The molecule has 1 aromatic rings. The number of carbonyl (C=O) groups is 1. The van der Waals surface area contributed by atoms with Crippen molar-refractivity contribution < 1.29 is 9.53 Å². The first-order valence-electron chi connectivity index (χ1n) is 6.73. The summed E-state index contributed by atoms with van der Waals surface area (Å²) in [5, 5.41) is 13.4. The summed E-state index contributed by atoms with van der Waals surface area (Å²) in [6.07, 6.45) is 0. The lowest BCUT2D eigenvalue weighted by Crippen LogP contribution is -2.28. The van der Waals surface area contributed by atoms with Crippen molar-refractivity contribution in [1.82, 2.24) is 5.32 Å². The minimum atomic E-state index is -0.518. The topological polar surface area (TPSA) is 62.1 Å². The van der Waals surface area contributed by atoms with Gasteiger partial charge in [-0.05, 0) is 31.5 Å². The quantitative estimate of drug-likeness (QED) is 0.655. The van der Waals surface area contributed by atoms with Crippen LogP contribution < -0.4 is 5.32 Å². The number of hydrogen-bond donors (Lipinski definition) is 2. The van der Waals surface area contributed by atoms with Gasteiger partial charge in [-0.15, -0.1) is 12.6 Å². The van der Waals surface area contributed by atoms with E-state index in [1.54, 1.807) is 38.1 Å². The average molecular weight is 335 g/mol. The van der Waals surface area contributed by atoms with Crippen molar-refractivity contribution in [3.05, 3.63) is 56.7 Å². The lowest BCUT2D eigenvalue weighted by Gasteiger charge is -2.27. The number of esters is 1. The van der Waals surface area contributed by atoms with Crippen LogP contribution in [0.1, 0.15) is 25.3 Å². The Labute approximate surface area is 139 Å². The summed E-state index contributed by atoms with van der Waals surface area (Å²) in [7, 11) is 0. The van der Waals surface area contributed by atoms with Gasteiger partial charge in [-0.1, -0.05) is 23.7 Å². The molecule has 0 aromatic heterocycles. The molecular weight excluding hydrogens is 320 g/mol. The number of ether oxygens (including phenoxy) is 1. The minimum absolute atomic E-state index is 0.266. The molecule has 4 nitrogen and oxygen atoms in total. The van der Waals surface area contributed by atoms with Crippen LogP contribution in [0.2, 0.25) is 5.02 Å². The maximum atomic E-state index is 12.3. The summed E-state index contributed by atoms with van der Waals surface area (Å²) >= 11 is 10.2. The van der Waals surface area contributed by atoms with Crippen LogP contribution in [0.25, 0.3) is 0 Å². The number of nitrogens with zero attached hydrogens (tertiary/aromatic N) is 1. The van der Waals surface area contributed by atoms with E-state index in [1.165, 1.54) is 0 Å². The number of allylic oxidation sites excluding steroid dienone is 2. The molecule has 1 atom stereocenters. The maximum Gasteiger partial charge on any atom is 0.336 e. The van der Waals surface area contributed by atoms with E-state index in [9.17, 15) is 10.1 Å². The first-order chi connectivity index (χ1) is 10.5. The van der Waals surface area contributed by atoms with Gasteiger partial charge in [-0.2, -0.15) is 5.26 Å². The second-order valence-electron chi connectivity index (χ2n) is 4.74. The Hall–Kier alpha value is -1.90. The van der Waals surface area contributed by atoms with Gasteiger partial charge in [0.2, 0.25) is 0 Å². The van der Waals surface area contributed by atoms with Gasteiger partial charge in [-0.3, -0.25) is 0 Å². The van der Waals surface area contributed by atoms with Crippen molar-refractivity contribution in [3.63, 3.8) is 0 Å². The number of thiol groups is 1. The molecule has 2 rings (SSSR count). The Bertz CT molecular complexity index is 702. The number of benzene rings is 1. The third-order valence-electron chi connectivity index (χ3n) is 3.36. The fourth-order valence-electron chi connectivity index (χ4n) is 2.40. The summed E-state index contributed by atoms with van der Waals surface area (Å²) in [6.45, 7) is 3.77. The molecule has 1 aromatic carbocycles. The van der Waals surface area contributed by atoms with Crippen LogP contribution >= 0.6 is 24.2 Å². The first kappa shape index (κ1) is 16.5. The molecule has 1 N–H and O–H groups in total. The molecule has 1 aliphatic rings. The Balaban J connectivity index is 2.59. The Morgan fingerprint density at radius 3 is 2.64 bits per heavy atom. The molecule has 0 spiro atoms. The summed E-state index contributed by atoms with van der Waals surface area (Å²) in [5.74, 6) is -0.962. The molecule has 0 fully saturated rings. The predicted molar refractivity (Wildman–Crippen MR) is 88.3 cm³/mol. The van der Waals surface area contributed by atoms with Crippen molar-refractivity contribution >= 4 is 30.2 Å². The molecule has 1 aliphatic heterocycles. The zero-order valence-electron chi connectivity index (χ0n) is 12.2. The van der Waals surface area contributed by atoms with Crippen LogP contribution in [0, 0.1) is 11.3 Å². The molecular formula is C16H15ClN2O2S. The Morgan fingerprint density at radius 1 is 1.45 bits per heavy atom. The molecule has 22 heavy (non-hydrogen) atoms. The highest BCUT2D eigenvalue weighted by Crippen LogP contribution is 2.39. The second-order valence-corrected chi connectivity index (χ2v) is 5.63. The van der Waals surface area contributed by atoms with E-state index in [-0.39, 0.29) is 6.61 Å². The van der Waals surface area contributed by atoms with E-state index < -0.39 is 11.9 Å². The second kappa shape index (κ2) is 6.91. The van der Waals surface area contributed by atoms with Crippen molar-refractivity contribution in [2.75, 3.05) is 6.61 Å². The van der Waals surface area contributed by atoms with Crippen LogP contribution in [-0.4, -0.2) is 12.6 Å². The molecule has 0 amide bonds. The standard InChI is InChI=1S/C16H15ClN2O2S/c1-3-21-16(20)13-9(2)19-15(22)12(8-18)14(13)10-4-6-11(17)7-5-10/h4-7,14,19,22H,3H2,1-2H3/t14-/m0/s1. The van der Waals surface area contributed by atoms with Crippen LogP contribution in [-0.2, 0) is 9.53 Å². The number of nitrogens with one attached hydrogen (secondary N) is 1. The van der Waals surface area contributed by atoms with E-state index in [1.807, 2.05) is 0 Å². The molecule has 0 bridgehead atoms. The molecule has 0 saturated carbocycles. The van der Waals surface area contributed by atoms with Crippen LogP contribution in [0.5, 0.6) is 0 Å². The minimum Gasteiger partial charge on any atom is -0.463 e. The number of rotatable bonds is 3. The van der Waals surface area contributed by atoms with Gasteiger partial charge in [0.1, 0.15) is 0 Å². The summed E-state index contributed by atoms with van der Waals surface area (Å²) in [6, 6.07) is 9.17. The number of carbonyl (C=O) groups excluding carboxylic acids is 1. The zero-order valence-corrected chi connectivity index (χ0v) is 13.8. The van der Waals surface area contributed by atoms with Gasteiger partial charge >= 0.3 is 5.97 Å². The summed E-state index contributed by atoms with van der Waals surface area (Å²) in [4.78, 5) is 12.3. The Kier molecular flexibility index (Phi) is 5.17. The lowest BCUT2D eigenvalue weighted by molar-refractivity contribution is -0.138. The highest BCUT2D eigenvalue weighted by Gasteiger charge is 2.34. The lowest BCUT2D eigenvalue weighted by atomic mass is 9.82. The summed E-state index contributed by atoms with van der Waals surface area (Å²) in [5.41, 5.74) is 2.21. The predicted octanol–water partition coefficient (Wildman–Crippen LogP) is 3.53. The van der Waals surface area contributed by atoms with E-state index in [0.717, 1.165) is 5.56 Å². The first-order valence-corrected chi connectivity index (χ1v) is 7.55. The number of dihydropyridines is 1. The number of halogens is 1. The van der Waals surface area contributed by atoms with Gasteiger partial charge in [-0.25, -0.2) is 4.79 Å². The fraction of sp³-hybridized carbons (Fsp3) is 0.250. The molecule has 114 valence electrons. The molecule has 0 saturated heterocycles. The molecule has 0 aliphatic carbocycles. The average Bonchev–Trinajstić information content (AvgIpc) is 2.47. The van der Waals surface area contributed by atoms with Gasteiger partial charge < -0.3 is 10.1 Å². The molecule has 0 unspecified atom stereocenters. The highest BCUT2D eigenvalue weighted by atomic mass is 35.5. The highest BCUT2D eigenvalue weighted by molar-refractivity contribution is 7.84. The van der Waals surface area contributed by atoms with E-state index in [0.29, 0.717) is 26.9 Å². The normalized spacial score (nSPS) is 17.9. The maximum absolute atomic E-state index is 12.3. The van der Waals surface area contributed by atoms with Crippen molar-refractivity contribution in [2.45, 2.75) is 19.8 Å². The van der Waals surface area contributed by atoms with E-state index in [2.05, 4.69) is 24.0 Å². The third-order valence-corrected chi connectivity index (χ3v) is 3.97. The van der Waals surface area contributed by atoms with E-state index >= 15 is 0 Å². The van der Waals surface area contributed by atoms with Crippen molar-refractivity contribution in [3.8, 4) is 6.07 Å². The monoisotopic (exact) mass is 334 g/mol. The van der Waals surface area contributed by atoms with Crippen LogP contribution in [0.4, 0.5) is 0 Å². The molecule has 6 heteroatoms. The van der Waals surface area contributed by atoms with Gasteiger partial charge in [0.15, 0.2) is 0 Å². The zero-order chi connectivity index (χ0) is 16.3. The third kappa shape index (κ3) is 3.13. The smallest absolute Gasteiger partial charge is 0.336 e. The van der Waals surface area contributed by atoms with E-state index in [4.69, 9.17) is 16.3 Å². The number of nitriles is 1. The van der Waals surface area contributed by atoms with Crippen molar-refractivity contribution in [1.29, 1.82) is 5.26 Å². The fourth-order valence-corrected chi connectivity index (χ4v) is 2.87. The number of hydrogen-bond acceptors (Lipinski definition) is 5. The largest absolute Gasteiger partial charge is 0.463 e. The summed E-state index contributed by atoms with van der Waals surface area (Å²) < 4.78 is 5.14. The van der Waals surface area contributed by atoms with Crippen LogP contribution in [0.15, 0.2) is 46.1 Å². The van der Waals surface area contributed by atoms with Gasteiger partial charge in [0, 0.05) is 10.7 Å². The Morgan fingerprint density at radius 2 is 2.09 bits per heavy atom. The molecule has 0 radical (unpaired) electrons. The van der Waals surface area contributed by atoms with Gasteiger partial charge in [0.05, 0.1) is 34.8 Å².